The van der Waals surface area contributed by atoms with E-state index in [4.69, 9.17) is 16.2 Å². The second-order valence-corrected chi connectivity index (χ2v) is 7.34. The van der Waals surface area contributed by atoms with Gasteiger partial charge < -0.3 is 10.4 Å². The summed E-state index contributed by atoms with van der Waals surface area (Å²) in [6.45, 7) is -3.44. The van der Waals surface area contributed by atoms with Crippen LogP contribution in [0, 0.1) is 17.1 Å². The maximum Gasteiger partial charge on any atom is 0.417 e. The number of carbonyl (C=O) groups is 1. The quantitative estimate of drug-likeness (QED) is 0.517. The smallest absolute Gasteiger partial charge is 0.379 e. The fourth-order valence-electron chi connectivity index (χ4n) is 2.04. The number of nitriles is 1. The van der Waals surface area contributed by atoms with Crippen LogP contribution in [0.5, 0.6) is 0 Å². The summed E-state index contributed by atoms with van der Waals surface area (Å²) in [5.74, 6) is -3.25. The van der Waals surface area contributed by atoms with Gasteiger partial charge in [0, 0.05) is 12.5 Å². The van der Waals surface area contributed by atoms with Crippen molar-refractivity contribution in [3.63, 3.8) is 0 Å². The number of carbonyl (C=O) groups excluding carboxylic acids is 1. The topological polar surface area (TPSA) is 107 Å². The number of nitrogens with one attached hydrogen (secondary N) is 1. The Kier molecular flexibility index (Phi) is 3.96. The molecular formula is C19H16F4N2O4S. The molecule has 0 radical (unpaired) electrons. The van der Waals surface area contributed by atoms with Crippen molar-refractivity contribution >= 4 is 21.4 Å². The summed E-state index contributed by atoms with van der Waals surface area (Å²) < 4.78 is 141. The maximum absolute atomic E-state index is 13.5. The number of sulfone groups is 1. The van der Waals surface area contributed by atoms with Gasteiger partial charge in [0.2, 0.25) is 0 Å². The number of nitrogens with zero attached hydrogens (tertiary/aromatic N) is 1. The van der Waals surface area contributed by atoms with E-state index in [1.54, 1.807) is 0 Å². The molecule has 0 aliphatic heterocycles. The van der Waals surface area contributed by atoms with E-state index in [-0.39, 0.29) is 0 Å². The highest BCUT2D eigenvalue weighted by Crippen LogP contribution is 2.34. The van der Waals surface area contributed by atoms with Crippen LogP contribution in [-0.4, -0.2) is 30.7 Å². The molecule has 0 heterocycles. The Balaban J connectivity index is 2.80. The van der Waals surface area contributed by atoms with Crippen molar-refractivity contribution in [2.24, 2.45) is 0 Å². The second-order valence-electron chi connectivity index (χ2n) is 5.66. The first-order chi connectivity index (χ1) is 17.0. The van der Waals surface area contributed by atoms with Crippen molar-refractivity contribution < 1.29 is 46.8 Å². The van der Waals surface area contributed by atoms with E-state index in [0.29, 0.717) is 24.3 Å². The van der Waals surface area contributed by atoms with Gasteiger partial charge in [-0.2, -0.15) is 18.4 Å². The highest BCUT2D eigenvalue weighted by molar-refractivity contribution is 7.91. The van der Waals surface area contributed by atoms with Crippen LogP contribution >= 0.6 is 0 Å². The maximum atomic E-state index is 13.5. The fraction of sp³-hybridized carbons (Fsp3) is 0.263. The molecule has 0 aromatic heterocycles. The van der Waals surface area contributed by atoms with Crippen molar-refractivity contribution in [3.05, 3.63) is 59.3 Å². The first-order valence-electron chi connectivity index (χ1n) is 11.7. The van der Waals surface area contributed by atoms with Gasteiger partial charge in [0.15, 0.2) is 15.4 Å². The second kappa shape index (κ2) is 8.41. The SMILES string of the molecule is [2H]c1c([2H])c(NC(=O)C(O)(CC([2H])([2H])[2H])C([2H])([2H])S(=O)(=O)c2ccc(F)cc2)c([2H])c(C(F)(F)F)c1C#N. The molecule has 0 fully saturated rings. The monoisotopic (exact) mass is 452 g/mol. The number of hydrogen-bond donors (Lipinski definition) is 2. The average molecular weight is 452 g/mol. The number of benzene rings is 2. The number of anilines is 1. The molecule has 1 unspecified atom stereocenters. The molecule has 6 nitrogen and oxygen atoms in total. The lowest BCUT2D eigenvalue weighted by atomic mass is 10.0. The molecule has 2 rings (SSSR count). The lowest BCUT2D eigenvalue weighted by Crippen LogP contribution is -2.48. The predicted octanol–water partition coefficient (Wildman–Crippen LogP) is 3.27. The molecule has 0 aliphatic carbocycles. The summed E-state index contributed by atoms with van der Waals surface area (Å²) in [5.41, 5.74) is -13.4. The summed E-state index contributed by atoms with van der Waals surface area (Å²) in [5, 5.41) is 21.4. The summed E-state index contributed by atoms with van der Waals surface area (Å²) in [6, 6.07) is -1.30. The normalized spacial score (nSPS) is 18.7. The minimum atomic E-state index is -5.54. The van der Waals surface area contributed by atoms with Gasteiger partial charge in [-0.3, -0.25) is 4.79 Å². The van der Waals surface area contributed by atoms with Gasteiger partial charge in [-0.05, 0) is 48.8 Å². The number of amides is 1. The van der Waals surface area contributed by atoms with Crippen molar-refractivity contribution in [2.45, 2.75) is 29.9 Å². The Morgan fingerprint density at radius 1 is 1.33 bits per heavy atom. The van der Waals surface area contributed by atoms with E-state index < -0.39 is 92.2 Å². The Morgan fingerprint density at radius 3 is 2.50 bits per heavy atom. The lowest BCUT2D eigenvalue weighted by Gasteiger charge is -2.25. The predicted molar refractivity (Wildman–Crippen MR) is 98.5 cm³/mol. The number of hydrogen-bond acceptors (Lipinski definition) is 5. The standard InChI is InChI=1S/C19H16F4N2O4S/c1-2-18(27,11-30(28,29)15-7-4-13(20)5-8-15)17(26)25-14-6-3-12(10-24)16(9-14)19(21,22)23/h3-9,27H,2,11H2,1H3,(H,25,26)/i1D3,3D,6D,9D,11D2. The van der Waals surface area contributed by atoms with Gasteiger partial charge in [0.1, 0.15) is 5.82 Å². The third-order valence-corrected chi connectivity index (χ3v) is 5.00. The molecular weight excluding hydrogens is 428 g/mol. The average Bonchev–Trinajstić information content (AvgIpc) is 2.76. The zero-order valence-electron chi connectivity index (χ0n) is 22.6. The Hall–Kier alpha value is -2.97. The van der Waals surface area contributed by atoms with Crippen molar-refractivity contribution in [1.82, 2.24) is 0 Å². The molecule has 2 aromatic rings. The molecule has 0 aliphatic rings. The van der Waals surface area contributed by atoms with E-state index in [1.807, 2.05) is 0 Å². The fourth-order valence-corrected chi connectivity index (χ4v) is 3.26. The number of aliphatic hydroxyl groups is 1. The van der Waals surface area contributed by atoms with Crippen LogP contribution in [0.2, 0.25) is 0 Å². The zero-order chi connectivity index (χ0) is 29.6. The Morgan fingerprint density at radius 2 is 1.97 bits per heavy atom. The molecule has 11 heteroatoms. The Bertz CT molecular complexity index is 1420. The largest absolute Gasteiger partial charge is 0.417 e. The molecule has 0 saturated heterocycles. The molecule has 0 spiro atoms. The first kappa shape index (κ1) is 14.1. The zero-order valence-corrected chi connectivity index (χ0v) is 15.4. The minimum absolute atomic E-state index is 0.544. The molecule has 2 aromatic carbocycles. The van der Waals surface area contributed by atoms with E-state index in [1.165, 1.54) is 5.32 Å². The highest BCUT2D eigenvalue weighted by atomic mass is 32.2. The van der Waals surface area contributed by atoms with Crippen molar-refractivity contribution in [3.8, 4) is 6.07 Å². The summed E-state index contributed by atoms with van der Waals surface area (Å²) >= 11 is 0. The third kappa shape index (κ3) is 5.14. The first-order valence-corrected chi connectivity index (χ1v) is 9.16. The van der Waals surface area contributed by atoms with Crippen LogP contribution in [0.3, 0.4) is 0 Å². The molecule has 0 bridgehead atoms. The molecule has 1 atom stereocenters. The molecule has 160 valence electrons. The summed E-state index contributed by atoms with van der Waals surface area (Å²) in [6.07, 6.45) is -7.41. The molecule has 30 heavy (non-hydrogen) atoms. The summed E-state index contributed by atoms with van der Waals surface area (Å²) in [4.78, 5) is 12.1. The van der Waals surface area contributed by atoms with Crippen molar-refractivity contribution in [2.75, 3.05) is 11.0 Å². The molecule has 0 saturated carbocycles. The van der Waals surface area contributed by atoms with Gasteiger partial charge >= 0.3 is 6.18 Å². The van der Waals surface area contributed by atoms with Gasteiger partial charge in [-0.15, -0.1) is 0 Å². The van der Waals surface area contributed by atoms with Gasteiger partial charge in [0.05, 0.1) is 31.9 Å². The number of halogens is 4. The third-order valence-electron chi connectivity index (χ3n) is 3.50. The van der Waals surface area contributed by atoms with Gasteiger partial charge in [-0.1, -0.05) is 6.85 Å². The summed E-state index contributed by atoms with van der Waals surface area (Å²) in [7, 11) is -5.54. The lowest BCUT2D eigenvalue weighted by molar-refractivity contribution is -0.138. The Labute approximate surface area is 180 Å². The molecule has 2 N–H and O–H groups in total. The van der Waals surface area contributed by atoms with Crippen LogP contribution in [0.4, 0.5) is 23.2 Å². The van der Waals surface area contributed by atoms with Crippen LogP contribution in [0.15, 0.2) is 47.3 Å². The molecule has 1 amide bonds. The number of alkyl halides is 3. The minimum Gasteiger partial charge on any atom is -0.379 e. The highest BCUT2D eigenvalue weighted by Gasteiger charge is 2.40. The van der Waals surface area contributed by atoms with Crippen LogP contribution < -0.4 is 5.32 Å². The van der Waals surface area contributed by atoms with Crippen LogP contribution in [0.1, 0.15) is 35.4 Å². The van der Waals surface area contributed by atoms with Crippen molar-refractivity contribution in [1.29, 1.82) is 5.26 Å². The van der Waals surface area contributed by atoms with E-state index in [9.17, 15) is 35.9 Å². The van der Waals surface area contributed by atoms with Gasteiger partial charge in [0.25, 0.3) is 5.91 Å². The van der Waals surface area contributed by atoms with Crippen LogP contribution in [-0.2, 0) is 20.8 Å². The van der Waals surface area contributed by atoms with E-state index >= 15 is 0 Å². The van der Waals surface area contributed by atoms with Crippen LogP contribution in [0.25, 0.3) is 0 Å². The van der Waals surface area contributed by atoms with Gasteiger partial charge in [-0.25, -0.2) is 12.8 Å². The van der Waals surface area contributed by atoms with E-state index in [0.717, 1.165) is 6.07 Å². The number of rotatable bonds is 6. The van der Waals surface area contributed by atoms with E-state index in [2.05, 4.69) is 0 Å².